The molecule has 1 aliphatic heterocycles. The van der Waals surface area contributed by atoms with Crippen LogP contribution in [0.3, 0.4) is 0 Å². The highest BCUT2D eigenvalue weighted by molar-refractivity contribution is 6.30. The maximum absolute atomic E-state index is 14.0. The van der Waals surface area contributed by atoms with Crippen molar-refractivity contribution in [2.45, 2.75) is 25.3 Å². The summed E-state index contributed by atoms with van der Waals surface area (Å²) in [6.07, 6.45) is -3.60. The van der Waals surface area contributed by atoms with Crippen molar-refractivity contribution in [3.05, 3.63) is 75.8 Å². The molecule has 0 fully saturated rings. The summed E-state index contributed by atoms with van der Waals surface area (Å²) in [5, 5.41) is 0.498. The van der Waals surface area contributed by atoms with Crippen LogP contribution in [0.5, 0.6) is 0 Å². The molecular formula is C19H17ClF3NO2. The van der Waals surface area contributed by atoms with Gasteiger partial charge in [-0.05, 0) is 42.3 Å². The number of alkyl halides is 3. The maximum atomic E-state index is 14.0. The summed E-state index contributed by atoms with van der Waals surface area (Å²) >= 11 is 5.84. The second-order valence-corrected chi connectivity index (χ2v) is 6.58. The van der Waals surface area contributed by atoms with Gasteiger partial charge in [0.15, 0.2) is 0 Å². The van der Waals surface area contributed by atoms with Gasteiger partial charge >= 0.3 is 6.18 Å². The molecule has 0 aromatic heterocycles. The molecule has 0 radical (unpaired) electrons. The van der Waals surface area contributed by atoms with Gasteiger partial charge in [0.1, 0.15) is 0 Å². The number of nitrogens with one attached hydrogen (secondary N) is 1. The molecule has 0 spiro atoms. The maximum Gasteiger partial charge on any atom is 0.428 e. The predicted molar refractivity (Wildman–Crippen MR) is 93.3 cm³/mol. The third kappa shape index (κ3) is 3.45. The minimum atomic E-state index is -4.66. The number of rotatable bonds is 4. The summed E-state index contributed by atoms with van der Waals surface area (Å²) < 4.78 is 47.2. The zero-order valence-electron chi connectivity index (χ0n) is 14.2. The van der Waals surface area contributed by atoms with Crippen LogP contribution in [0.25, 0.3) is 5.70 Å². The van der Waals surface area contributed by atoms with Crippen molar-refractivity contribution in [3.8, 4) is 0 Å². The first-order valence-corrected chi connectivity index (χ1v) is 8.22. The third-order valence-electron chi connectivity index (χ3n) is 4.12. The molecular weight excluding hydrogens is 367 g/mol. The van der Waals surface area contributed by atoms with Crippen LogP contribution < -0.4 is 5.48 Å². The Bertz CT molecular complexity index is 834. The van der Waals surface area contributed by atoms with E-state index >= 15 is 0 Å². The monoisotopic (exact) mass is 383 g/mol. The molecule has 26 heavy (non-hydrogen) atoms. The quantitative estimate of drug-likeness (QED) is 0.794. The number of aryl methyl sites for hydroxylation is 1. The largest absolute Gasteiger partial charge is 0.428 e. The molecule has 1 N–H and O–H groups in total. The molecule has 0 bridgehead atoms. The molecule has 138 valence electrons. The van der Waals surface area contributed by atoms with Crippen LogP contribution in [0.4, 0.5) is 13.2 Å². The smallest absolute Gasteiger partial charge is 0.380 e. The highest BCUT2D eigenvalue weighted by Gasteiger charge is 2.59. The van der Waals surface area contributed by atoms with Crippen molar-refractivity contribution >= 4 is 17.3 Å². The minimum absolute atomic E-state index is 0.00601. The number of hydrogen-bond acceptors (Lipinski definition) is 3. The first-order valence-electron chi connectivity index (χ1n) is 7.85. The van der Waals surface area contributed by atoms with Gasteiger partial charge in [0.2, 0.25) is 5.60 Å². The van der Waals surface area contributed by atoms with Crippen LogP contribution in [0.2, 0.25) is 5.02 Å². The minimum Gasteiger partial charge on any atom is -0.380 e. The van der Waals surface area contributed by atoms with Gasteiger partial charge in [0.25, 0.3) is 0 Å². The fourth-order valence-corrected chi connectivity index (χ4v) is 3.07. The van der Waals surface area contributed by atoms with E-state index in [9.17, 15) is 13.2 Å². The van der Waals surface area contributed by atoms with Crippen molar-refractivity contribution in [2.24, 2.45) is 0 Å². The third-order valence-corrected chi connectivity index (χ3v) is 4.37. The fourth-order valence-electron chi connectivity index (χ4n) is 2.94. The van der Waals surface area contributed by atoms with Gasteiger partial charge < -0.3 is 4.74 Å². The lowest BCUT2D eigenvalue weighted by Crippen LogP contribution is -2.42. The van der Waals surface area contributed by atoms with E-state index in [1.54, 1.807) is 37.3 Å². The second-order valence-electron chi connectivity index (χ2n) is 6.14. The normalized spacial score (nSPS) is 20.0. The Balaban J connectivity index is 2.11. The molecule has 1 heterocycles. The highest BCUT2D eigenvalue weighted by Crippen LogP contribution is 2.47. The number of benzene rings is 2. The summed E-state index contributed by atoms with van der Waals surface area (Å²) in [5.41, 5.74) is 1.94. The Labute approximate surface area is 154 Å². The number of methoxy groups -OCH3 is 1. The van der Waals surface area contributed by atoms with E-state index in [4.69, 9.17) is 21.2 Å². The highest BCUT2D eigenvalue weighted by atomic mass is 35.5. The Morgan fingerprint density at radius 2 is 1.85 bits per heavy atom. The second kappa shape index (κ2) is 6.95. The number of halogens is 4. The zero-order chi connectivity index (χ0) is 18.9. The average molecular weight is 384 g/mol. The van der Waals surface area contributed by atoms with Gasteiger partial charge in [-0.1, -0.05) is 41.4 Å². The molecule has 3 nitrogen and oxygen atoms in total. The Morgan fingerprint density at radius 1 is 1.15 bits per heavy atom. The Kier molecular flexibility index (Phi) is 5.01. The van der Waals surface area contributed by atoms with E-state index in [2.05, 4.69) is 5.48 Å². The molecule has 0 saturated carbocycles. The van der Waals surface area contributed by atoms with Crippen LogP contribution >= 0.6 is 11.6 Å². The predicted octanol–water partition coefficient (Wildman–Crippen LogP) is 5.13. The van der Waals surface area contributed by atoms with Gasteiger partial charge in [-0.15, -0.1) is 0 Å². The van der Waals surface area contributed by atoms with E-state index in [-0.39, 0.29) is 17.9 Å². The van der Waals surface area contributed by atoms with Crippen molar-refractivity contribution < 1.29 is 22.7 Å². The fraction of sp³-hybridized carbons (Fsp3) is 0.263. The lowest BCUT2D eigenvalue weighted by atomic mass is 9.89. The molecule has 1 unspecified atom stereocenters. The van der Waals surface area contributed by atoms with Crippen molar-refractivity contribution in [3.63, 3.8) is 0 Å². The molecule has 1 aliphatic rings. The zero-order valence-corrected chi connectivity index (χ0v) is 14.9. The SMILES string of the molecule is COCc1cc(C)cc(C2(C(F)(F)F)C=C(c3ccc(Cl)cc3)NO2)c1. The van der Waals surface area contributed by atoms with E-state index in [1.165, 1.54) is 19.2 Å². The van der Waals surface area contributed by atoms with Crippen LogP contribution in [0.15, 0.2) is 48.5 Å². The van der Waals surface area contributed by atoms with Gasteiger partial charge in [0.05, 0.1) is 12.3 Å². The van der Waals surface area contributed by atoms with Crippen molar-refractivity contribution in [2.75, 3.05) is 7.11 Å². The van der Waals surface area contributed by atoms with Crippen molar-refractivity contribution in [1.82, 2.24) is 5.48 Å². The molecule has 1 atom stereocenters. The van der Waals surface area contributed by atoms with E-state index < -0.39 is 11.8 Å². The van der Waals surface area contributed by atoms with Gasteiger partial charge in [-0.25, -0.2) is 0 Å². The van der Waals surface area contributed by atoms with Gasteiger partial charge in [-0.3, -0.25) is 10.3 Å². The van der Waals surface area contributed by atoms with Gasteiger partial charge in [0, 0.05) is 17.7 Å². The molecule has 0 amide bonds. The molecule has 0 saturated heterocycles. The average Bonchev–Trinajstić information content (AvgIpc) is 3.02. The van der Waals surface area contributed by atoms with Crippen LogP contribution in [0, 0.1) is 6.92 Å². The molecule has 3 rings (SSSR count). The topological polar surface area (TPSA) is 30.5 Å². The molecule has 2 aromatic rings. The lowest BCUT2D eigenvalue weighted by Gasteiger charge is -2.29. The standard InChI is InChI=1S/C19H17ClF3NO2/c1-12-7-13(11-25-2)9-15(8-12)18(19(21,22)23)10-17(24-26-18)14-3-5-16(20)6-4-14/h3-10,24H,11H2,1-2H3. The number of ether oxygens (including phenoxy) is 1. The molecule has 2 aromatic carbocycles. The summed E-state index contributed by atoms with van der Waals surface area (Å²) in [7, 11) is 1.49. The first-order chi connectivity index (χ1) is 12.2. The first kappa shape index (κ1) is 18.8. The van der Waals surface area contributed by atoms with E-state index in [0.29, 0.717) is 21.7 Å². The van der Waals surface area contributed by atoms with E-state index in [1.807, 2.05) is 0 Å². The molecule has 0 aliphatic carbocycles. The summed E-state index contributed by atoms with van der Waals surface area (Å²) in [6, 6.07) is 11.2. The van der Waals surface area contributed by atoms with E-state index in [0.717, 1.165) is 6.08 Å². The van der Waals surface area contributed by atoms with Crippen LogP contribution in [0.1, 0.15) is 22.3 Å². The summed E-state index contributed by atoms with van der Waals surface area (Å²) in [4.78, 5) is 5.14. The van der Waals surface area contributed by atoms with Crippen LogP contribution in [-0.2, 0) is 21.8 Å². The summed E-state index contributed by atoms with van der Waals surface area (Å²) in [5.74, 6) is 0. The van der Waals surface area contributed by atoms with Crippen LogP contribution in [-0.4, -0.2) is 13.3 Å². The van der Waals surface area contributed by atoms with Gasteiger partial charge in [-0.2, -0.15) is 13.2 Å². The number of hydroxylamine groups is 1. The van der Waals surface area contributed by atoms with Crippen molar-refractivity contribution in [1.29, 1.82) is 0 Å². The summed E-state index contributed by atoms with van der Waals surface area (Å²) in [6.45, 7) is 1.95. The number of hydrogen-bond donors (Lipinski definition) is 1. The Morgan fingerprint density at radius 3 is 2.46 bits per heavy atom. The Hall–Kier alpha value is -2.02. The lowest BCUT2D eigenvalue weighted by molar-refractivity contribution is -0.269. The molecule has 7 heteroatoms.